The van der Waals surface area contributed by atoms with Crippen LogP contribution in [0.15, 0.2) is 67.0 Å². The Morgan fingerprint density at radius 1 is 0.923 bits per heavy atom. The van der Waals surface area contributed by atoms with Gasteiger partial charge in [0.1, 0.15) is 0 Å². The first-order chi connectivity index (χ1) is 12.6. The standard InChI is InChI=1S/C20H17Cl2N3O/c21-16-9-17(22)11-18(10-16)25-20(26)15-8-19(13-23-12-15)24-7-6-14-4-2-1-3-5-14/h1-5,8-13,24H,6-7H2,(H,25,26). The van der Waals surface area contributed by atoms with Gasteiger partial charge in [0.25, 0.3) is 5.91 Å². The summed E-state index contributed by atoms with van der Waals surface area (Å²) in [5.41, 5.74) is 3.03. The van der Waals surface area contributed by atoms with Crippen LogP contribution >= 0.6 is 23.2 Å². The van der Waals surface area contributed by atoms with E-state index in [1.165, 1.54) is 11.8 Å². The van der Waals surface area contributed by atoms with E-state index in [9.17, 15) is 4.79 Å². The predicted molar refractivity (Wildman–Crippen MR) is 107 cm³/mol. The summed E-state index contributed by atoms with van der Waals surface area (Å²) in [6, 6.07) is 16.8. The molecule has 0 unspecified atom stereocenters. The van der Waals surface area contributed by atoms with E-state index in [-0.39, 0.29) is 5.91 Å². The molecule has 0 aliphatic carbocycles. The summed E-state index contributed by atoms with van der Waals surface area (Å²) in [7, 11) is 0. The van der Waals surface area contributed by atoms with Gasteiger partial charge in [0.2, 0.25) is 0 Å². The van der Waals surface area contributed by atoms with Gasteiger partial charge in [-0.25, -0.2) is 0 Å². The Morgan fingerprint density at radius 2 is 1.65 bits per heavy atom. The second-order valence-corrected chi connectivity index (χ2v) is 6.61. The molecule has 26 heavy (non-hydrogen) atoms. The Kier molecular flexibility index (Phi) is 6.10. The molecule has 3 aromatic rings. The third kappa shape index (κ3) is 5.22. The molecule has 0 radical (unpaired) electrons. The van der Waals surface area contributed by atoms with Crippen LogP contribution in [0.1, 0.15) is 15.9 Å². The van der Waals surface area contributed by atoms with Crippen LogP contribution in [0.5, 0.6) is 0 Å². The van der Waals surface area contributed by atoms with Crippen LogP contribution in [-0.4, -0.2) is 17.4 Å². The lowest BCUT2D eigenvalue weighted by Crippen LogP contribution is -2.13. The SMILES string of the molecule is O=C(Nc1cc(Cl)cc(Cl)c1)c1cncc(NCCc2ccccc2)c1. The molecule has 0 fully saturated rings. The van der Waals surface area contributed by atoms with Crippen molar-refractivity contribution in [3.05, 3.63) is 88.2 Å². The van der Waals surface area contributed by atoms with Crippen LogP contribution in [0.4, 0.5) is 11.4 Å². The lowest BCUT2D eigenvalue weighted by Gasteiger charge is -2.09. The van der Waals surface area contributed by atoms with Crippen LogP contribution in [0.2, 0.25) is 10.0 Å². The van der Waals surface area contributed by atoms with Gasteiger partial charge in [0.05, 0.1) is 11.3 Å². The summed E-state index contributed by atoms with van der Waals surface area (Å²) < 4.78 is 0. The summed E-state index contributed by atoms with van der Waals surface area (Å²) in [6.45, 7) is 0.751. The smallest absolute Gasteiger partial charge is 0.257 e. The zero-order valence-corrected chi connectivity index (χ0v) is 15.4. The van der Waals surface area contributed by atoms with Crippen molar-refractivity contribution < 1.29 is 4.79 Å². The number of carbonyl (C=O) groups excluding carboxylic acids is 1. The van der Waals surface area contributed by atoms with Crippen LogP contribution in [-0.2, 0) is 6.42 Å². The van der Waals surface area contributed by atoms with Gasteiger partial charge in [-0.2, -0.15) is 0 Å². The first kappa shape index (κ1) is 18.2. The number of carbonyl (C=O) groups is 1. The van der Waals surface area contributed by atoms with Crippen LogP contribution < -0.4 is 10.6 Å². The third-order valence-corrected chi connectivity index (χ3v) is 4.14. The summed E-state index contributed by atoms with van der Waals surface area (Å²) in [6.07, 6.45) is 4.10. The molecular weight excluding hydrogens is 369 g/mol. The molecule has 1 amide bonds. The van der Waals surface area contributed by atoms with Crippen molar-refractivity contribution in [2.75, 3.05) is 17.2 Å². The van der Waals surface area contributed by atoms with Crippen molar-refractivity contribution in [2.45, 2.75) is 6.42 Å². The van der Waals surface area contributed by atoms with Crippen molar-refractivity contribution in [1.29, 1.82) is 0 Å². The van der Waals surface area contributed by atoms with E-state index < -0.39 is 0 Å². The maximum Gasteiger partial charge on any atom is 0.257 e. The van der Waals surface area contributed by atoms with Crippen molar-refractivity contribution >= 4 is 40.5 Å². The number of halogens is 2. The van der Waals surface area contributed by atoms with Gasteiger partial charge in [-0.3, -0.25) is 9.78 Å². The largest absolute Gasteiger partial charge is 0.383 e. The van der Waals surface area contributed by atoms with E-state index in [1.54, 1.807) is 30.5 Å². The Hall–Kier alpha value is -2.56. The Morgan fingerprint density at radius 3 is 2.38 bits per heavy atom. The topological polar surface area (TPSA) is 54.0 Å². The number of anilines is 2. The van der Waals surface area contributed by atoms with E-state index in [0.717, 1.165) is 18.7 Å². The summed E-state index contributed by atoms with van der Waals surface area (Å²) in [5, 5.41) is 6.98. The summed E-state index contributed by atoms with van der Waals surface area (Å²) in [5.74, 6) is -0.275. The molecule has 0 saturated heterocycles. The summed E-state index contributed by atoms with van der Waals surface area (Å²) >= 11 is 11.9. The number of benzene rings is 2. The molecule has 2 N–H and O–H groups in total. The van der Waals surface area contributed by atoms with Gasteiger partial charge in [0.15, 0.2) is 0 Å². The van der Waals surface area contributed by atoms with E-state index in [0.29, 0.717) is 21.3 Å². The second-order valence-electron chi connectivity index (χ2n) is 5.74. The Labute approximate surface area is 162 Å². The molecule has 1 heterocycles. The van der Waals surface area contributed by atoms with Gasteiger partial charge >= 0.3 is 0 Å². The number of nitrogens with zero attached hydrogens (tertiary/aromatic N) is 1. The molecule has 0 atom stereocenters. The third-order valence-electron chi connectivity index (χ3n) is 3.71. The molecule has 2 aromatic carbocycles. The van der Waals surface area contributed by atoms with Crippen LogP contribution in [0, 0.1) is 0 Å². The maximum absolute atomic E-state index is 12.4. The predicted octanol–water partition coefficient (Wildman–Crippen LogP) is 5.30. The molecule has 0 spiro atoms. The second kappa shape index (κ2) is 8.70. The summed E-state index contributed by atoms with van der Waals surface area (Å²) in [4.78, 5) is 16.6. The molecular formula is C20H17Cl2N3O. The van der Waals surface area contributed by atoms with E-state index in [1.807, 2.05) is 18.2 Å². The number of hydrogen-bond donors (Lipinski definition) is 2. The highest BCUT2D eigenvalue weighted by Crippen LogP contribution is 2.23. The Balaban J connectivity index is 1.61. The molecule has 0 saturated carbocycles. The van der Waals surface area contributed by atoms with Gasteiger partial charge in [-0.05, 0) is 36.2 Å². The molecule has 1 aromatic heterocycles. The minimum absolute atomic E-state index is 0.275. The fourth-order valence-corrected chi connectivity index (χ4v) is 3.01. The molecule has 4 nitrogen and oxygen atoms in total. The fourth-order valence-electron chi connectivity index (χ4n) is 2.49. The highest BCUT2D eigenvalue weighted by atomic mass is 35.5. The van der Waals surface area contributed by atoms with Crippen molar-refractivity contribution in [3.63, 3.8) is 0 Å². The Bertz CT molecular complexity index is 880. The van der Waals surface area contributed by atoms with E-state index in [2.05, 4.69) is 27.8 Å². The minimum atomic E-state index is -0.275. The van der Waals surface area contributed by atoms with Crippen LogP contribution in [0.25, 0.3) is 0 Å². The zero-order valence-electron chi connectivity index (χ0n) is 13.9. The van der Waals surface area contributed by atoms with Gasteiger partial charge in [0, 0.05) is 34.7 Å². The molecule has 0 aliphatic heterocycles. The number of pyridine rings is 1. The molecule has 0 bridgehead atoms. The van der Waals surface area contributed by atoms with Crippen molar-refractivity contribution in [3.8, 4) is 0 Å². The average molecular weight is 386 g/mol. The van der Waals surface area contributed by atoms with Crippen molar-refractivity contribution in [1.82, 2.24) is 4.98 Å². The molecule has 3 rings (SSSR count). The highest BCUT2D eigenvalue weighted by molar-refractivity contribution is 6.35. The lowest BCUT2D eigenvalue weighted by molar-refractivity contribution is 0.102. The highest BCUT2D eigenvalue weighted by Gasteiger charge is 2.09. The van der Waals surface area contributed by atoms with Crippen molar-refractivity contribution in [2.24, 2.45) is 0 Å². The zero-order chi connectivity index (χ0) is 18.4. The fraction of sp³-hybridized carbons (Fsp3) is 0.100. The molecule has 132 valence electrons. The van der Waals surface area contributed by atoms with E-state index >= 15 is 0 Å². The number of nitrogens with one attached hydrogen (secondary N) is 2. The lowest BCUT2D eigenvalue weighted by atomic mass is 10.1. The van der Waals surface area contributed by atoms with E-state index in [4.69, 9.17) is 23.2 Å². The number of amides is 1. The average Bonchev–Trinajstić information content (AvgIpc) is 2.62. The first-order valence-electron chi connectivity index (χ1n) is 8.10. The van der Waals surface area contributed by atoms with Gasteiger partial charge in [-0.1, -0.05) is 53.5 Å². The number of hydrogen-bond acceptors (Lipinski definition) is 3. The number of aromatic nitrogens is 1. The first-order valence-corrected chi connectivity index (χ1v) is 8.86. The van der Waals surface area contributed by atoms with Gasteiger partial charge in [-0.15, -0.1) is 0 Å². The normalized spacial score (nSPS) is 10.4. The van der Waals surface area contributed by atoms with Crippen LogP contribution in [0.3, 0.4) is 0 Å². The maximum atomic E-state index is 12.4. The monoisotopic (exact) mass is 385 g/mol. The molecule has 0 aliphatic rings. The quantitative estimate of drug-likeness (QED) is 0.605. The number of rotatable bonds is 6. The molecule has 6 heteroatoms. The minimum Gasteiger partial charge on any atom is -0.383 e. The van der Waals surface area contributed by atoms with Gasteiger partial charge < -0.3 is 10.6 Å².